The lowest BCUT2D eigenvalue weighted by Gasteiger charge is -2.43. The first-order valence-corrected chi connectivity index (χ1v) is 10.8. The zero-order valence-corrected chi connectivity index (χ0v) is 18.9. The van der Waals surface area contributed by atoms with Crippen molar-refractivity contribution in [1.29, 1.82) is 0 Å². The molecule has 2 aliphatic rings. The summed E-state index contributed by atoms with van der Waals surface area (Å²) in [5.74, 6) is -1.52. The van der Waals surface area contributed by atoms with E-state index in [-0.39, 0.29) is 5.92 Å². The molecule has 1 atom stereocenters. The molecule has 31 heavy (non-hydrogen) atoms. The van der Waals surface area contributed by atoms with Gasteiger partial charge in [0, 0.05) is 38.6 Å². The van der Waals surface area contributed by atoms with Crippen LogP contribution in [0.2, 0.25) is 0 Å². The predicted octanol–water partition coefficient (Wildman–Crippen LogP) is 4.63. The minimum absolute atomic E-state index is 0.340. The minimum atomic E-state index is -4.88. The van der Waals surface area contributed by atoms with E-state index in [9.17, 15) is 23.4 Å². The van der Waals surface area contributed by atoms with Crippen molar-refractivity contribution in [3.63, 3.8) is 0 Å². The topological polar surface area (TPSA) is 65.4 Å². The first-order valence-electron chi connectivity index (χ1n) is 10.2. The number of aromatic hydroxyl groups is 1. The van der Waals surface area contributed by atoms with Crippen molar-refractivity contribution in [1.82, 2.24) is 9.80 Å². The molecular formula is C20H29Cl2F3N2O4. The number of phenolic OH excluding ortho intramolecular Hbond substituents is 1. The van der Waals surface area contributed by atoms with Crippen LogP contribution in [-0.2, 0) is 3.84 Å². The van der Waals surface area contributed by atoms with Crippen molar-refractivity contribution in [2.75, 3.05) is 39.8 Å². The van der Waals surface area contributed by atoms with E-state index in [0.29, 0.717) is 24.9 Å². The molecule has 2 N–H and O–H groups in total. The number of ether oxygens (including phenoxy) is 1. The number of hydrogen-bond donors (Lipinski definition) is 2. The summed E-state index contributed by atoms with van der Waals surface area (Å²) in [4.78, 5) is 4.49. The van der Waals surface area contributed by atoms with Gasteiger partial charge >= 0.3 is 6.36 Å². The van der Waals surface area contributed by atoms with Crippen LogP contribution < -0.4 is 4.74 Å². The quantitative estimate of drug-likeness (QED) is 0.629. The van der Waals surface area contributed by atoms with Gasteiger partial charge in [0.25, 0.3) is 0 Å². The first kappa shape index (κ1) is 26.3. The molecule has 3 rings (SSSR count). The molecule has 0 aromatic heterocycles. The Labute approximate surface area is 190 Å². The second-order valence-electron chi connectivity index (χ2n) is 8.15. The third-order valence-corrected chi connectivity index (χ3v) is 6.02. The van der Waals surface area contributed by atoms with Gasteiger partial charge in [0.2, 0.25) is 0 Å². The van der Waals surface area contributed by atoms with Crippen molar-refractivity contribution < 1.29 is 32.0 Å². The van der Waals surface area contributed by atoms with Crippen LogP contribution in [-0.4, -0.2) is 71.7 Å². The van der Waals surface area contributed by atoms with Crippen LogP contribution in [0.3, 0.4) is 0 Å². The van der Waals surface area contributed by atoms with Crippen LogP contribution in [0.25, 0.3) is 0 Å². The SMILES string of the molecule is CN1CCN(CC(c2ccc(O)c(OC(F)(F)F)c2)C2(O)CCCCC2)CC1.ClOCl. The van der Waals surface area contributed by atoms with Gasteiger partial charge in [-0.2, -0.15) is 3.84 Å². The lowest BCUT2D eigenvalue weighted by molar-refractivity contribution is -0.275. The van der Waals surface area contributed by atoms with Crippen molar-refractivity contribution in [3.05, 3.63) is 23.8 Å². The molecule has 1 aliphatic heterocycles. The number of benzene rings is 1. The lowest BCUT2D eigenvalue weighted by Crippen LogP contribution is -2.50. The van der Waals surface area contributed by atoms with Crippen LogP contribution in [0.15, 0.2) is 18.2 Å². The summed E-state index contributed by atoms with van der Waals surface area (Å²) < 4.78 is 45.3. The van der Waals surface area contributed by atoms with Gasteiger partial charge in [-0.3, -0.25) is 0 Å². The van der Waals surface area contributed by atoms with Gasteiger partial charge in [-0.25, -0.2) is 0 Å². The van der Waals surface area contributed by atoms with Gasteiger partial charge < -0.3 is 24.7 Å². The molecule has 1 heterocycles. The molecule has 1 aromatic rings. The monoisotopic (exact) mass is 488 g/mol. The predicted molar refractivity (Wildman–Crippen MR) is 112 cm³/mol. The highest BCUT2D eigenvalue weighted by Gasteiger charge is 2.40. The van der Waals surface area contributed by atoms with Gasteiger partial charge in [0.15, 0.2) is 11.5 Å². The average molecular weight is 489 g/mol. The zero-order valence-electron chi connectivity index (χ0n) is 17.4. The standard InChI is InChI=1S/C20H29F3N2O3.Cl2O/c1-24-9-11-25(12-10-24)14-16(19(27)7-3-2-4-8-19)15-5-6-17(26)18(13-15)28-20(21,22)23;1-3-2/h5-6,13,16,26-27H,2-4,7-12,14H2,1H3;. The summed E-state index contributed by atoms with van der Waals surface area (Å²) in [5, 5.41) is 21.2. The van der Waals surface area contributed by atoms with Crippen LogP contribution in [0.4, 0.5) is 13.2 Å². The summed E-state index contributed by atoms with van der Waals surface area (Å²) in [6.07, 6.45) is -0.769. The maximum absolute atomic E-state index is 12.7. The summed E-state index contributed by atoms with van der Waals surface area (Å²) in [6, 6.07) is 4.06. The maximum atomic E-state index is 12.7. The Hall–Kier alpha value is -0.970. The van der Waals surface area contributed by atoms with Crippen LogP contribution in [0, 0.1) is 0 Å². The summed E-state index contributed by atoms with van der Waals surface area (Å²) in [5.41, 5.74) is -0.394. The number of rotatable bonds is 5. The third kappa shape index (κ3) is 8.14. The molecule has 6 nitrogen and oxygen atoms in total. The number of nitrogens with zero attached hydrogens (tertiary/aromatic N) is 2. The molecule has 1 unspecified atom stereocenters. The Kier molecular flexibility index (Phi) is 9.98. The van der Waals surface area contributed by atoms with Crippen molar-refractivity contribution >= 4 is 23.7 Å². The Balaban J connectivity index is 0.00000107. The smallest absolute Gasteiger partial charge is 0.504 e. The number of alkyl halides is 3. The van der Waals surface area contributed by atoms with Crippen LogP contribution >= 0.6 is 23.7 Å². The molecule has 1 aromatic carbocycles. The van der Waals surface area contributed by atoms with E-state index in [1.807, 2.05) is 0 Å². The molecule has 0 radical (unpaired) electrons. The Bertz CT molecular complexity index is 683. The van der Waals surface area contributed by atoms with Crippen molar-refractivity contribution in [3.8, 4) is 11.5 Å². The molecule has 1 aliphatic carbocycles. The van der Waals surface area contributed by atoms with Crippen LogP contribution in [0.1, 0.15) is 43.6 Å². The lowest BCUT2D eigenvalue weighted by atomic mass is 9.72. The van der Waals surface area contributed by atoms with E-state index < -0.39 is 23.5 Å². The second kappa shape index (κ2) is 11.8. The van der Waals surface area contributed by atoms with Crippen molar-refractivity contribution in [2.45, 2.75) is 50.0 Å². The average Bonchev–Trinajstić information content (AvgIpc) is 2.69. The van der Waals surface area contributed by atoms with E-state index >= 15 is 0 Å². The highest BCUT2D eigenvalue weighted by Crippen LogP contribution is 2.43. The number of piperazine rings is 1. The van der Waals surface area contributed by atoms with E-state index in [4.69, 9.17) is 0 Å². The number of aliphatic hydroxyl groups is 1. The summed E-state index contributed by atoms with van der Waals surface area (Å²) in [6.45, 7) is 4.12. The Morgan fingerprint density at radius 3 is 2.23 bits per heavy atom. The molecule has 0 spiro atoms. The maximum Gasteiger partial charge on any atom is 0.573 e. The van der Waals surface area contributed by atoms with Gasteiger partial charge in [0.1, 0.15) is 0 Å². The fraction of sp³-hybridized carbons (Fsp3) is 0.700. The number of halogens is 5. The normalized spacial score (nSPS) is 21.1. The van der Waals surface area contributed by atoms with Gasteiger partial charge in [-0.1, -0.05) is 25.3 Å². The van der Waals surface area contributed by atoms with E-state index in [2.05, 4.69) is 49.2 Å². The molecular weight excluding hydrogens is 460 g/mol. The Morgan fingerprint density at radius 1 is 1.10 bits per heavy atom. The fourth-order valence-corrected chi connectivity index (χ4v) is 4.34. The second-order valence-corrected chi connectivity index (χ2v) is 8.62. The van der Waals surface area contributed by atoms with Crippen molar-refractivity contribution in [2.24, 2.45) is 0 Å². The largest absolute Gasteiger partial charge is 0.573 e. The summed E-state index contributed by atoms with van der Waals surface area (Å²) in [7, 11) is 2.06. The zero-order chi connectivity index (χ0) is 23.1. The highest BCUT2D eigenvalue weighted by molar-refractivity contribution is 6.24. The minimum Gasteiger partial charge on any atom is -0.504 e. The first-order chi connectivity index (χ1) is 14.6. The number of hydrogen-bond acceptors (Lipinski definition) is 6. The molecule has 11 heteroatoms. The molecule has 178 valence electrons. The third-order valence-electron chi connectivity index (χ3n) is 6.02. The van der Waals surface area contributed by atoms with E-state index in [0.717, 1.165) is 45.4 Å². The highest BCUT2D eigenvalue weighted by atomic mass is 35.6. The molecule has 0 bridgehead atoms. The van der Waals surface area contributed by atoms with Gasteiger partial charge in [-0.15, -0.1) is 13.2 Å². The van der Waals surface area contributed by atoms with E-state index in [1.54, 1.807) is 6.07 Å². The molecule has 1 saturated carbocycles. The summed E-state index contributed by atoms with van der Waals surface area (Å²) >= 11 is 8.53. The Morgan fingerprint density at radius 2 is 1.68 bits per heavy atom. The number of phenols is 1. The molecule has 2 fully saturated rings. The van der Waals surface area contributed by atoms with Gasteiger partial charge in [-0.05, 0) is 37.6 Å². The van der Waals surface area contributed by atoms with Gasteiger partial charge in [0.05, 0.1) is 29.3 Å². The van der Waals surface area contributed by atoms with E-state index in [1.165, 1.54) is 12.1 Å². The van der Waals surface area contributed by atoms with Crippen LogP contribution in [0.5, 0.6) is 11.5 Å². The number of likely N-dealkylation sites (N-methyl/N-ethyl adjacent to an activating group) is 1. The fourth-order valence-electron chi connectivity index (χ4n) is 4.34. The molecule has 0 amide bonds. The molecule has 1 saturated heterocycles.